The van der Waals surface area contributed by atoms with Gasteiger partial charge in [-0.25, -0.2) is 4.98 Å². The Kier molecular flexibility index (Phi) is 2.95. The monoisotopic (exact) mass is 226 g/mol. The van der Waals surface area contributed by atoms with Gasteiger partial charge in [-0.2, -0.15) is 0 Å². The molecule has 0 radical (unpaired) electrons. The molecule has 1 N–H and O–H groups in total. The predicted molar refractivity (Wildman–Crippen MR) is 69.8 cm³/mol. The van der Waals surface area contributed by atoms with Crippen LogP contribution in [0.2, 0.25) is 0 Å². The van der Waals surface area contributed by atoms with Gasteiger partial charge in [0.25, 0.3) is 0 Å². The number of hydrogen-bond donors (Lipinski definition) is 1. The first-order valence-corrected chi connectivity index (χ1v) is 6.52. The normalized spacial score (nSPS) is 17.2. The Morgan fingerprint density at radius 1 is 1.00 bits per heavy atom. The van der Waals surface area contributed by atoms with Crippen molar-refractivity contribution in [3.8, 4) is 11.3 Å². The number of nitrogens with zero attached hydrogens (tertiary/aromatic N) is 1. The van der Waals surface area contributed by atoms with Gasteiger partial charge in [-0.1, -0.05) is 43.5 Å². The zero-order valence-corrected chi connectivity index (χ0v) is 10.0. The molecule has 0 bridgehead atoms. The fraction of sp³-hybridized carbons (Fsp3) is 0.400. The quantitative estimate of drug-likeness (QED) is 0.819. The van der Waals surface area contributed by atoms with E-state index in [1.165, 1.54) is 43.2 Å². The van der Waals surface area contributed by atoms with Crippen LogP contribution < -0.4 is 0 Å². The molecule has 0 spiro atoms. The fourth-order valence-electron chi connectivity index (χ4n) is 2.78. The van der Waals surface area contributed by atoms with Crippen molar-refractivity contribution < 1.29 is 0 Å². The largest absolute Gasteiger partial charge is 0.345 e. The van der Waals surface area contributed by atoms with E-state index >= 15 is 0 Å². The summed E-state index contributed by atoms with van der Waals surface area (Å²) in [6.07, 6.45) is 10.5. The molecule has 17 heavy (non-hydrogen) atoms. The molecule has 1 heterocycles. The van der Waals surface area contributed by atoms with Crippen molar-refractivity contribution in [2.45, 2.75) is 38.0 Å². The van der Waals surface area contributed by atoms with E-state index < -0.39 is 0 Å². The van der Waals surface area contributed by atoms with Gasteiger partial charge in [0.15, 0.2) is 0 Å². The first kappa shape index (κ1) is 10.6. The predicted octanol–water partition coefficient (Wildman–Crippen LogP) is 4.12. The zero-order chi connectivity index (χ0) is 11.5. The summed E-state index contributed by atoms with van der Waals surface area (Å²) in [5, 5.41) is 0. The Morgan fingerprint density at radius 3 is 2.41 bits per heavy atom. The van der Waals surface area contributed by atoms with Gasteiger partial charge in [0.05, 0.1) is 18.2 Å². The summed E-state index contributed by atoms with van der Waals surface area (Å²) in [6.45, 7) is 0. The molecular formula is C15H18N2. The van der Waals surface area contributed by atoms with Crippen LogP contribution >= 0.6 is 0 Å². The second kappa shape index (κ2) is 4.74. The molecule has 0 unspecified atom stereocenters. The van der Waals surface area contributed by atoms with Crippen LogP contribution in [0.5, 0.6) is 0 Å². The summed E-state index contributed by atoms with van der Waals surface area (Å²) >= 11 is 0. The number of nitrogens with one attached hydrogen (secondary N) is 1. The molecule has 2 aromatic rings. The highest BCUT2D eigenvalue weighted by atomic mass is 14.9. The van der Waals surface area contributed by atoms with E-state index in [-0.39, 0.29) is 0 Å². The molecular weight excluding hydrogens is 208 g/mol. The van der Waals surface area contributed by atoms with Crippen LogP contribution in [0.4, 0.5) is 0 Å². The molecule has 88 valence electrons. The van der Waals surface area contributed by atoms with Gasteiger partial charge in [-0.3, -0.25) is 0 Å². The minimum atomic E-state index is 0.791. The van der Waals surface area contributed by atoms with Crippen LogP contribution in [0.1, 0.15) is 43.6 Å². The summed E-state index contributed by atoms with van der Waals surface area (Å²) in [7, 11) is 0. The first-order valence-electron chi connectivity index (χ1n) is 6.52. The first-order chi connectivity index (χ1) is 8.43. The van der Waals surface area contributed by atoms with Crippen molar-refractivity contribution in [3.05, 3.63) is 42.4 Å². The molecule has 1 aliphatic carbocycles. The van der Waals surface area contributed by atoms with E-state index in [1.54, 1.807) is 6.33 Å². The summed E-state index contributed by atoms with van der Waals surface area (Å²) < 4.78 is 0. The highest BCUT2D eigenvalue weighted by Crippen LogP contribution is 2.33. The SMILES string of the molecule is c1ncc(-c2ccc(C3CCCCC3)cc2)[nH]1. The lowest BCUT2D eigenvalue weighted by Crippen LogP contribution is -2.04. The smallest absolute Gasteiger partial charge is 0.0924 e. The molecule has 0 saturated heterocycles. The average Bonchev–Trinajstić information content (AvgIpc) is 2.94. The Morgan fingerprint density at radius 2 is 1.76 bits per heavy atom. The minimum absolute atomic E-state index is 0.791. The zero-order valence-electron chi connectivity index (χ0n) is 10.0. The molecule has 1 saturated carbocycles. The number of imidazole rings is 1. The molecule has 0 amide bonds. The maximum Gasteiger partial charge on any atom is 0.0924 e. The van der Waals surface area contributed by atoms with Crippen LogP contribution in [0.3, 0.4) is 0 Å². The van der Waals surface area contributed by atoms with Gasteiger partial charge in [-0.15, -0.1) is 0 Å². The summed E-state index contributed by atoms with van der Waals surface area (Å²) in [5.74, 6) is 0.791. The van der Waals surface area contributed by atoms with Crippen molar-refractivity contribution in [2.24, 2.45) is 0 Å². The van der Waals surface area contributed by atoms with Crippen molar-refractivity contribution in [1.29, 1.82) is 0 Å². The Hall–Kier alpha value is -1.57. The van der Waals surface area contributed by atoms with Crippen LogP contribution in [-0.4, -0.2) is 9.97 Å². The third-order valence-corrected chi connectivity index (χ3v) is 3.80. The van der Waals surface area contributed by atoms with Gasteiger partial charge in [-0.05, 0) is 29.9 Å². The lowest BCUT2D eigenvalue weighted by molar-refractivity contribution is 0.443. The standard InChI is InChI=1S/C15H18N2/c1-2-4-12(5-3-1)13-6-8-14(9-7-13)15-10-16-11-17-15/h6-12H,1-5H2,(H,16,17). The van der Waals surface area contributed by atoms with Gasteiger partial charge in [0.2, 0.25) is 0 Å². The number of aromatic amines is 1. The van der Waals surface area contributed by atoms with E-state index in [4.69, 9.17) is 0 Å². The number of benzene rings is 1. The van der Waals surface area contributed by atoms with E-state index in [2.05, 4.69) is 34.2 Å². The molecule has 1 aromatic carbocycles. The molecule has 0 atom stereocenters. The van der Waals surface area contributed by atoms with E-state index in [9.17, 15) is 0 Å². The molecule has 1 fully saturated rings. The number of H-pyrrole nitrogens is 1. The van der Waals surface area contributed by atoms with E-state index in [0.29, 0.717) is 0 Å². The lowest BCUT2D eigenvalue weighted by Gasteiger charge is -2.22. The van der Waals surface area contributed by atoms with Gasteiger partial charge >= 0.3 is 0 Å². The van der Waals surface area contributed by atoms with Crippen LogP contribution in [0, 0.1) is 0 Å². The number of aromatic nitrogens is 2. The number of hydrogen-bond acceptors (Lipinski definition) is 1. The van der Waals surface area contributed by atoms with Crippen molar-refractivity contribution in [1.82, 2.24) is 9.97 Å². The molecule has 0 aliphatic heterocycles. The maximum atomic E-state index is 4.06. The second-order valence-corrected chi connectivity index (χ2v) is 4.92. The third-order valence-electron chi connectivity index (χ3n) is 3.80. The third kappa shape index (κ3) is 2.26. The molecule has 1 aromatic heterocycles. The van der Waals surface area contributed by atoms with Crippen molar-refractivity contribution in [3.63, 3.8) is 0 Å². The molecule has 1 aliphatic rings. The summed E-state index contributed by atoms with van der Waals surface area (Å²) in [4.78, 5) is 7.20. The fourth-order valence-corrected chi connectivity index (χ4v) is 2.78. The number of rotatable bonds is 2. The lowest BCUT2D eigenvalue weighted by atomic mass is 9.84. The highest BCUT2D eigenvalue weighted by Gasteiger charge is 2.15. The van der Waals surface area contributed by atoms with Crippen LogP contribution in [0.25, 0.3) is 11.3 Å². The van der Waals surface area contributed by atoms with Crippen LogP contribution in [0.15, 0.2) is 36.8 Å². The van der Waals surface area contributed by atoms with Gasteiger partial charge in [0.1, 0.15) is 0 Å². The molecule has 2 nitrogen and oxygen atoms in total. The molecule has 2 heteroatoms. The molecule has 3 rings (SSSR count). The van der Waals surface area contributed by atoms with Crippen LogP contribution in [-0.2, 0) is 0 Å². The second-order valence-electron chi connectivity index (χ2n) is 4.92. The topological polar surface area (TPSA) is 28.7 Å². The van der Waals surface area contributed by atoms with E-state index in [0.717, 1.165) is 11.6 Å². The van der Waals surface area contributed by atoms with Gasteiger partial charge < -0.3 is 4.98 Å². The van der Waals surface area contributed by atoms with Crippen molar-refractivity contribution >= 4 is 0 Å². The summed E-state index contributed by atoms with van der Waals surface area (Å²) in [5.41, 5.74) is 3.83. The van der Waals surface area contributed by atoms with Crippen molar-refractivity contribution in [2.75, 3.05) is 0 Å². The Labute approximate surface area is 102 Å². The maximum absolute atomic E-state index is 4.06. The minimum Gasteiger partial charge on any atom is -0.345 e. The van der Waals surface area contributed by atoms with E-state index in [1.807, 2.05) is 6.20 Å². The Bertz CT molecular complexity index is 450. The van der Waals surface area contributed by atoms with Gasteiger partial charge in [0, 0.05) is 0 Å². The summed E-state index contributed by atoms with van der Waals surface area (Å²) in [6, 6.07) is 8.98. The highest BCUT2D eigenvalue weighted by molar-refractivity contribution is 5.58. The average molecular weight is 226 g/mol. The Balaban J connectivity index is 1.80.